The molecule has 1 N–H and O–H groups in total. The highest BCUT2D eigenvalue weighted by molar-refractivity contribution is 9.10. The van der Waals surface area contributed by atoms with E-state index in [0.29, 0.717) is 5.69 Å². The summed E-state index contributed by atoms with van der Waals surface area (Å²) in [5, 5.41) is 0. The smallest absolute Gasteiger partial charge is 0.322 e. The molecule has 17 heavy (non-hydrogen) atoms. The van der Waals surface area contributed by atoms with Crippen molar-refractivity contribution in [2.45, 2.75) is 6.92 Å². The maximum absolute atomic E-state index is 11.5. The number of halogens is 1. The van der Waals surface area contributed by atoms with Gasteiger partial charge in [0.05, 0.1) is 7.11 Å². The zero-order valence-corrected chi connectivity index (χ0v) is 11.8. The Morgan fingerprint density at radius 3 is 2.65 bits per heavy atom. The molecule has 0 heterocycles. The minimum Gasteiger partial charge on any atom is -0.468 e. The number of carbonyl (C=O) groups excluding carboxylic acids is 1. The number of methoxy groups -OCH3 is 1. The number of anilines is 1. The van der Waals surface area contributed by atoms with Gasteiger partial charge in [-0.3, -0.25) is 9.52 Å². The largest absolute Gasteiger partial charge is 0.468 e. The first kappa shape index (κ1) is 14.0. The van der Waals surface area contributed by atoms with Gasteiger partial charge in [0.1, 0.15) is 0 Å². The van der Waals surface area contributed by atoms with Crippen molar-refractivity contribution in [2.75, 3.05) is 17.6 Å². The summed E-state index contributed by atoms with van der Waals surface area (Å²) >= 11 is 3.31. The van der Waals surface area contributed by atoms with Gasteiger partial charge in [0.25, 0.3) is 0 Å². The Balaban J connectivity index is 2.83. The number of nitrogens with one attached hydrogen (secondary N) is 1. The van der Waals surface area contributed by atoms with E-state index in [2.05, 4.69) is 25.4 Å². The molecule has 0 radical (unpaired) electrons. The minimum absolute atomic E-state index is 0.412. The monoisotopic (exact) mass is 321 g/mol. The molecular weight excluding hydrogens is 310 g/mol. The number of hydrogen-bond acceptors (Lipinski definition) is 4. The van der Waals surface area contributed by atoms with Gasteiger partial charge < -0.3 is 4.74 Å². The highest BCUT2D eigenvalue weighted by atomic mass is 79.9. The molecule has 0 aromatic heterocycles. The average molecular weight is 322 g/mol. The van der Waals surface area contributed by atoms with E-state index in [1.165, 1.54) is 0 Å². The van der Waals surface area contributed by atoms with E-state index in [1.807, 2.05) is 6.92 Å². The van der Waals surface area contributed by atoms with Gasteiger partial charge in [-0.1, -0.05) is 15.9 Å². The summed E-state index contributed by atoms with van der Waals surface area (Å²) in [4.78, 5) is 10.9. The second kappa shape index (κ2) is 5.50. The molecule has 0 aliphatic carbocycles. The minimum atomic E-state index is -3.72. The van der Waals surface area contributed by atoms with Crippen molar-refractivity contribution >= 4 is 37.6 Å². The topological polar surface area (TPSA) is 72.5 Å². The zero-order valence-electron chi connectivity index (χ0n) is 9.36. The first-order valence-corrected chi connectivity index (χ1v) is 7.12. The maximum atomic E-state index is 11.5. The number of rotatable bonds is 4. The van der Waals surface area contributed by atoms with Crippen LogP contribution in [-0.4, -0.2) is 27.2 Å². The number of sulfonamides is 1. The molecule has 0 unspecified atom stereocenters. The van der Waals surface area contributed by atoms with E-state index in [-0.39, 0.29) is 0 Å². The number of hydrogen-bond donors (Lipinski definition) is 1. The molecule has 0 aliphatic heterocycles. The van der Waals surface area contributed by atoms with Crippen LogP contribution in [0, 0.1) is 6.92 Å². The third-order valence-corrected chi connectivity index (χ3v) is 4.02. The van der Waals surface area contributed by atoms with Crippen LogP contribution in [0.25, 0.3) is 0 Å². The van der Waals surface area contributed by atoms with E-state index < -0.39 is 21.7 Å². The van der Waals surface area contributed by atoms with Gasteiger partial charge in [-0.05, 0) is 30.7 Å². The normalized spacial score (nSPS) is 11.0. The van der Waals surface area contributed by atoms with Crippen LogP contribution in [0.2, 0.25) is 0 Å². The first-order chi connectivity index (χ1) is 7.84. The standard InChI is InChI=1S/C10H12BrNO4S/c1-7-5-8(3-4-9(7)11)12-17(14,15)6-10(13)16-2/h3-5,12H,6H2,1-2H3. The van der Waals surface area contributed by atoms with Crippen molar-refractivity contribution < 1.29 is 17.9 Å². The lowest BCUT2D eigenvalue weighted by atomic mass is 10.2. The summed E-state index contributed by atoms with van der Waals surface area (Å²) in [7, 11) is -2.57. The van der Waals surface area contributed by atoms with Crippen molar-refractivity contribution in [3.05, 3.63) is 28.2 Å². The van der Waals surface area contributed by atoms with E-state index in [1.54, 1.807) is 18.2 Å². The Kier molecular flexibility index (Phi) is 4.53. The fourth-order valence-corrected chi connectivity index (χ4v) is 2.37. The fraction of sp³-hybridized carbons (Fsp3) is 0.300. The summed E-state index contributed by atoms with van der Waals surface area (Å²) in [5.74, 6) is -1.50. The van der Waals surface area contributed by atoms with Crippen LogP contribution in [0.1, 0.15) is 5.56 Å². The van der Waals surface area contributed by atoms with E-state index in [4.69, 9.17) is 0 Å². The van der Waals surface area contributed by atoms with Crippen LogP contribution in [0.3, 0.4) is 0 Å². The SMILES string of the molecule is COC(=O)CS(=O)(=O)Nc1ccc(Br)c(C)c1. The van der Waals surface area contributed by atoms with Crippen LogP contribution >= 0.6 is 15.9 Å². The van der Waals surface area contributed by atoms with Crippen LogP contribution in [0.5, 0.6) is 0 Å². The molecule has 1 aromatic carbocycles. The lowest BCUT2D eigenvalue weighted by Gasteiger charge is -2.08. The van der Waals surface area contributed by atoms with Crippen molar-refractivity contribution in [1.29, 1.82) is 0 Å². The van der Waals surface area contributed by atoms with Crippen LogP contribution < -0.4 is 4.72 Å². The molecule has 0 atom stereocenters. The van der Waals surface area contributed by atoms with Crippen LogP contribution in [-0.2, 0) is 19.6 Å². The second-order valence-corrected chi connectivity index (χ2v) is 5.98. The third-order valence-electron chi connectivity index (χ3n) is 1.97. The van der Waals surface area contributed by atoms with E-state index in [0.717, 1.165) is 17.1 Å². The van der Waals surface area contributed by atoms with Crippen molar-refractivity contribution in [2.24, 2.45) is 0 Å². The molecule has 94 valence electrons. The lowest BCUT2D eigenvalue weighted by Crippen LogP contribution is -2.23. The third kappa shape index (κ3) is 4.35. The summed E-state index contributed by atoms with van der Waals surface area (Å²) in [6.45, 7) is 1.84. The number of aryl methyl sites for hydroxylation is 1. The number of benzene rings is 1. The zero-order chi connectivity index (χ0) is 13.1. The second-order valence-electron chi connectivity index (χ2n) is 3.40. The van der Waals surface area contributed by atoms with Gasteiger partial charge in [0.15, 0.2) is 5.75 Å². The van der Waals surface area contributed by atoms with Gasteiger partial charge >= 0.3 is 5.97 Å². The summed E-state index contributed by atoms with van der Waals surface area (Å²) < 4.78 is 30.6. The molecule has 0 aliphatic rings. The summed E-state index contributed by atoms with van der Waals surface area (Å²) in [6, 6.07) is 5.00. The quantitative estimate of drug-likeness (QED) is 0.856. The number of carbonyl (C=O) groups is 1. The van der Waals surface area contributed by atoms with Gasteiger partial charge in [0, 0.05) is 10.2 Å². The Hall–Kier alpha value is -1.08. The van der Waals surface area contributed by atoms with Gasteiger partial charge in [-0.2, -0.15) is 0 Å². The van der Waals surface area contributed by atoms with Gasteiger partial charge in [0.2, 0.25) is 10.0 Å². The average Bonchev–Trinajstić information content (AvgIpc) is 2.22. The van der Waals surface area contributed by atoms with Crippen molar-refractivity contribution in [1.82, 2.24) is 0 Å². The molecule has 0 saturated heterocycles. The van der Waals surface area contributed by atoms with E-state index in [9.17, 15) is 13.2 Å². The maximum Gasteiger partial charge on any atom is 0.322 e. The Labute approximate surface area is 108 Å². The highest BCUT2D eigenvalue weighted by Gasteiger charge is 2.16. The Morgan fingerprint density at radius 2 is 2.12 bits per heavy atom. The fourth-order valence-electron chi connectivity index (χ4n) is 1.14. The summed E-state index contributed by atoms with van der Waals surface area (Å²) in [5.41, 5.74) is 1.30. The van der Waals surface area contributed by atoms with Gasteiger partial charge in [-0.15, -0.1) is 0 Å². The molecule has 1 rings (SSSR count). The molecule has 0 bridgehead atoms. The predicted molar refractivity (Wildman–Crippen MR) is 68.3 cm³/mol. The molecule has 7 heteroatoms. The molecule has 0 amide bonds. The Morgan fingerprint density at radius 1 is 1.47 bits per heavy atom. The molecule has 1 aromatic rings. The van der Waals surface area contributed by atoms with Gasteiger partial charge in [-0.25, -0.2) is 8.42 Å². The molecule has 5 nitrogen and oxygen atoms in total. The van der Waals surface area contributed by atoms with Crippen molar-refractivity contribution in [3.63, 3.8) is 0 Å². The molecule has 0 spiro atoms. The number of ether oxygens (including phenoxy) is 1. The molecular formula is C10H12BrNO4S. The van der Waals surface area contributed by atoms with Crippen molar-refractivity contribution in [3.8, 4) is 0 Å². The van der Waals surface area contributed by atoms with E-state index >= 15 is 0 Å². The predicted octanol–water partition coefficient (Wildman–Crippen LogP) is 1.67. The lowest BCUT2D eigenvalue weighted by molar-refractivity contribution is -0.137. The Bertz CT molecular complexity index is 527. The molecule has 0 saturated carbocycles. The van der Waals surface area contributed by atoms with Crippen LogP contribution in [0.4, 0.5) is 5.69 Å². The molecule has 0 fully saturated rings. The first-order valence-electron chi connectivity index (χ1n) is 4.67. The highest BCUT2D eigenvalue weighted by Crippen LogP contribution is 2.20. The summed E-state index contributed by atoms with van der Waals surface area (Å²) in [6.07, 6.45) is 0. The van der Waals surface area contributed by atoms with Crippen LogP contribution in [0.15, 0.2) is 22.7 Å². The number of esters is 1.